The molecular weight excluding hydrogens is 230 g/mol. The van der Waals surface area contributed by atoms with Gasteiger partial charge < -0.3 is 5.32 Å². The van der Waals surface area contributed by atoms with Crippen molar-refractivity contribution in [2.45, 2.75) is 71.4 Å². The van der Waals surface area contributed by atoms with Crippen molar-refractivity contribution in [1.29, 1.82) is 0 Å². The molecular formula is C18H29N. The Morgan fingerprint density at radius 2 is 1.95 bits per heavy atom. The van der Waals surface area contributed by atoms with Crippen LogP contribution >= 0.6 is 0 Å². The molecule has 2 atom stereocenters. The average Bonchev–Trinajstić information content (AvgIpc) is 2.90. The zero-order valence-corrected chi connectivity index (χ0v) is 12.8. The third-order valence-corrected chi connectivity index (χ3v) is 4.60. The Labute approximate surface area is 118 Å². The normalized spacial score (nSPS) is 19.5. The lowest BCUT2D eigenvalue weighted by molar-refractivity contribution is 0.341. The van der Waals surface area contributed by atoms with E-state index in [2.05, 4.69) is 50.4 Å². The third-order valence-electron chi connectivity index (χ3n) is 4.60. The zero-order chi connectivity index (χ0) is 13.7. The molecule has 19 heavy (non-hydrogen) atoms. The highest BCUT2D eigenvalue weighted by Gasteiger charge is 2.22. The standard InChI is InChI=1S/C18H29N/c1-14-7-6-8-17(13-14)12-11-15(2)19-16(3)18-9-4-5-10-18/h6-8,13,15-16,18-19H,4-5,9-12H2,1-3H3/t15?,16-/m1/s1. The Kier molecular flexibility index (Phi) is 5.45. The van der Waals surface area contributed by atoms with E-state index in [0.29, 0.717) is 12.1 Å². The van der Waals surface area contributed by atoms with E-state index >= 15 is 0 Å². The lowest BCUT2D eigenvalue weighted by atomic mass is 9.98. The van der Waals surface area contributed by atoms with Crippen LogP contribution < -0.4 is 5.32 Å². The fourth-order valence-electron chi connectivity index (χ4n) is 3.38. The van der Waals surface area contributed by atoms with Gasteiger partial charge in [-0.3, -0.25) is 0 Å². The van der Waals surface area contributed by atoms with Crippen molar-refractivity contribution in [1.82, 2.24) is 5.32 Å². The van der Waals surface area contributed by atoms with E-state index in [-0.39, 0.29) is 0 Å². The summed E-state index contributed by atoms with van der Waals surface area (Å²) in [6, 6.07) is 10.2. The van der Waals surface area contributed by atoms with Crippen LogP contribution in [0.4, 0.5) is 0 Å². The molecule has 2 rings (SSSR count). The Morgan fingerprint density at radius 3 is 2.63 bits per heavy atom. The second kappa shape index (κ2) is 7.09. The van der Waals surface area contributed by atoms with Gasteiger partial charge in [0.05, 0.1) is 0 Å². The monoisotopic (exact) mass is 259 g/mol. The van der Waals surface area contributed by atoms with Crippen LogP contribution in [0.25, 0.3) is 0 Å². The van der Waals surface area contributed by atoms with Crippen molar-refractivity contribution < 1.29 is 0 Å². The van der Waals surface area contributed by atoms with Gasteiger partial charge in [0, 0.05) is 12.1 Å². The van der Waals surface area contributed by atoms with Crippen LogP contribution in [0.5, 0.6) is 0 Å². The van der Waals surface area contributed by atoms with Crippen molar-refractivity contribution in [2.75, 3.05) is 0 Å². The summed E-state index contributed by atoms with van der Waals surface area (Å²) in [6.45, 7) is 6.88. The smallest absolute Gasteiger partial charge is 0.00694 e. The molecule has 1 nitrogen and oxygen atoms in total. The van der Waals surface area contributed by atoms with Gasteiger partial charge in [-0.25, -0.2) is 0 Å². The van der Waals surface area contributed by atoms with Gasteiger partial charge in [0.2, 0.25) is 0 Å². The molecule has 0 heterocycles. The van der Waals surface area contributed by atoms with Gasteiger partial charge in [-0.05, 0) is 57.9 Å². The van der Waals surface area contributed by atoms with E-state index in [1.54, 1.807) is 0 Å². The molecule has 1 fully saturated rings. The molecule has 106 valence electrons. The molecule has 1 heteroatoms. The fraction of sp³-hybridized carbons (Fsp3) is 0.667. The summed E-state index contributed by atoms with van der Waals surface area (Å²) in [6.07, 6.45) is 8.16. The van der Waals surface area contributed by atoms with Crippen LogP contribution in [0.3, 0.4) is 0 Å². The van der Waals surface area contributed by atoms with Crippen LogP contribution in [0.15, 0.2) is 24.3 Å². The fourth-order valence-corrected chi connectivity index (χ4v) is 3.38. The number of nitrogens with one attached hydrogen (secondary N) is 1. The second-order valence-corrected chi connectivity index (χ2v) is 6.43. The number of hydrogen-bond acceptors (Lipinski definition) is 1. The Hall–Kier alpha value is -0.820. The molecule has 0 bridgehead atoms. The molecule has 1 aliphatic carbocycles. The van der Waals surface area contributed by atoms with Gasteiger partial charge in [-0.1, -0.05) is 42.7 Å². The molecule has 1 saturated carbocycles. The van der Waals surface area contributed by atoms with E-state index in [1.807, 2.05) is 0 Å². The van der Waals surface area contributed by atoms with E-state index in [9.17, 15) is 0 Å². The van der Waals surface area contributed by atoms with Gasteiger partial charge in [0.15, 0.2) is 0 Å². The Bertz CT molecular complexity index is 379. The minimum absolute atomic E-state index is 0.621. The van der Waals surface area contributed by atoms with Crippen LogP contribution in [0, 0.1) is 12.8 Å². The van der Waals surface area contributed by atoms with E-state index in [0.717, 1.165) is 5.92 Å². The summed E-state index contributed by atoms with van der Waals surface area (Å²) < 4.78 is 0. The van der Waals surface area contributed by atoms with Gasteiger partial charge in [-0.2, -0.15) is 0 Å². The predicted octanol–water partition coefficient (Wildman–Crippen LogP) is 4.48. The minimum Gasteiger partial charge on any atom is -0.311 e. The van der Waals surface area contributed by atoms with E-state index in [4.69, 9.17) is 0 Å². The van der Waals surface area contributed by atoms with Gasteiger partial charge in [0.25, 0.3) is 0 Å². The first-order valence-electron chi connectivity index (χ1n) is 7.97. The summed E-state index contributed by atoms with van der Waals surface area (Å²) in [5.74, 6) is 0.918. The van der Waals surface area contributed by atoms with Crippen LogP contribution in [-0.2, 0) is 6.42 Å². The number of aryl methyl sites for hydroxylation is 2. The SMILES string of the molecule is Cc1cccc(CCC(C)N[C@H](C)C2CCCC2)c1. The summed E-state index contributed by atoms with van der Waals surface area (Å²) in [4.78, 5) is 0. The molecule has 1 aromatic rings. The van der Waals surface area contributed by atoms with Crippen molar-refractivity contribution in [3.8, 4) is 0 Å². The van der Waals surface area contributed by atoms with Crippen LogP contribution in [0.1, 0.15) is 57.1 Å². The van der Waals surface area contributed by atoms with Crippen molar-refractivity contribution in [3.63, 3.8) is 0 Å². The molecule has 1 aliphatic rings. The largest absolute Gasteiger partial charge is 0.311 e. The first-order chi connectivity index (χ1) is 9.15. The molecule has 0 spiro atoms. The molecule has 0 saturated heterocycles. The predicted molar refractivity (Wildman–Crippen MR) is 83.5 cm³/mol. The topological polar surface area (TPSA) is 12.0 Å². The third kappa shape index (κ3) is 4.65. The maximum absolute atomic E-state index is 3.81. The first kappa shape index (κ1) is 14.6. The van der Waals surface area contributed by atoms with Crippen LogP contribution in [0.2, 0.25) is 0 Å². The molecule has 0 amide bonds. The number of benzene rings is 1. The lowest BCUT2D eigenvalue weighted by Crippen LogP contribution is -2.38. The highest BCUT2D eigenvalue weighted by molar-refractivity contribution is 5.22. The molecule has 0 aromatic heterocycles. The van der Waals surface area contributed by atoms with Gasteiger partial charge in [0.1, 0.15) is 0 Å². The maximum atomic E-state index is 3.81. The minimum atomic E-state index is 0.621. The lowest BCUT2D eigenvalue weighted by Gasteiger charge is -2.25. The Morgan fingerprint density at radius 1 is 1.21 bits per heavy atom. The zero-order valence-electron chi connectivity index (χ0n) is 12.8. The summed E-state index contributed by atoms with van der Waals surface area (Å²) >= 11 is 0. The van der Waals surface area contributed by atoms with Crippen molar-refractivity contribution in [2.24, 2.45) is 5.92 Å². The number of hydrogen-bond donors (Lipinski definition) is 1. The van der Waals surface area contributed by atoms with Gasteiger partial charge >= 0.3 is 0 Å². The van der Waals surface area contributed by atoms with E-state index in [1.165, 1.54) is 49.7 Å². The number of rotatable bonds is 6. The summed E-state index contributed by atoms with van der Waals surface area (Å²) in [5, 5.41) is 3.81. The van der Waals surface area contributed by atoms with Crippen molar-refractivity contribution in [3.05, 3.63) is 35.4 Å². The second-order valence-electron chi connectivity index (χ2n) is 6.43. The highest BCUT2D eigenvalue weighted by atomic mass is 14.9. The quantitative estimate of drug-likeness (QED) is 0.794. The molecule has 1 N–H and O–H groups in total. The average molecular weight is 259 g/mol. The molecule has 0 radical (unpaired) electrons. The van der Waals surface area contributed by atoms with Crippen LogP contribution in [-0.4, -0.2) is 12.1 Å². The molecule has 1 unspecified atom stereocenters. The maximum Gasteiger partial charge on any atom is 0.00694 e. The molecule has 0 aliphatic heterocycles. The Balaban J connectivity index is 1.73. The van der Waals surface area contributed by atoms with E-state index < -0.39 is 0 Å². The highest BCUT2D eigenvalue weighted by Crippen LogP contribution is 2.27. The summed E-state index contributed by atoms with van der Waals surface area (Å²) in [7, 11) is 0. The summed E-state index contributed by atoms with van der Waals surface area (Å²) in [5.41, 5.74) is 2.85. The van der Waals surface area contributed by atoms with Gasteiger partial charge in [-0.15, -0.1) is 0 Å². The van der Waals surface area contributed by atoms with Crippen molar-refractivity contribution >= 4 is 0 Å². The first-order valence-corrected chi connectivity index (χ1v) is 7.97. The molecule has 1 aromatic carbocycles.